The number of rotatable bonds is 6. The van der Waals surface area contributed by atoms with Gasteiger partial charge in [-0.25, -0.2) is 0 Å². The van der Waals surface area contributed by atoms with Gasteiger partial charge in [-0.15, -0.1) is 34.2 Å². The third-order valence-electron chi connectivity index (χ3n) is 5.55. The summed E-state index contributed by atoms with van der Waals surface area (Å²) in [6.07, 6.45) is 6.95. The first-order chi connectivity index (χ1) is 13.2. The summed E-state index contributed by atoms with van der Waals surface area (Å²) in [6, 6.07) is 0. The number of aryl methyl sites for hydroxylation is 2. The fourth-order valence-corrected chi connectivity index (χ4v) is 4.17. The van der Waals surface area contributed by atoms with E-state index in [0.29, 0.717) is 0 Å². The molecule has 1 aromatic heterocycles. The summed E-state index contributed by atoms with van der Waals surface area (Å²) in [7, 11) is 1.89. The molecule has 0 aromatic carbocycles. The number of hydrogen-bond donors (Lipinski definition) is 1. The van der Waals surface area contributed by atoms with E-state index >= 15 is 0 Å². The van der Waals surface area contributed by atoms with Crippen LogP contribution in [0.5, 0.6) is 0 Å². The molecular formula is C20H38IN7. The second kappa shape index (κ2) is 11.9. The molecule has 0 amide bonds. The lowest BCUT2D eigenvalue weighted by Crippen LogP contribution is -2.53. The molecule has 0 radical (unpaired) electrons. The molecule has 0 spiro atoms. The number of aliphatic imine (C=N–C) groups is 1. The van der Waals surface area contributed by atoms with Gasteiger partial charge in [0.15, 0.2) is 5.96 Å². The maximum atomic E-state index is 4.49. The molecule has 1 N–H and O–H groups in total. The topological polar surface area (TPSA) is 61.6 Å². The zero-order valence-electron chi connectivity index (χ0n) is 17.9. The Bertz CT molecular complexity index is 606. The number of nitrogens with zero attached hydrogens (tertiary/aromatic N) is 6. The zero-order valence-corrected chi connectivity index (χ0v) is 20.2. The molecule has 0 bridgehead atoms. The van der Waals surface area contributed by atoms with Crippen molar-refractivity contribution < 1.29 is 0 Å². The highest BCUT2D eigenvalue weighted by atomic mass is 127. The highest BCUT2D eigenvalue weighted by Gasteiger charge is 2.20. The van der Waals surface area contributed by atoms with Crippen LogP contribution in [0.2, 0.25) is 0 Å². The smallest absolute Gasteiger partial charge is 0.193 e. The molecule has 1 fully saturated rings. The quantitative estimate of drug-likeness (QED) is 0.280. The number of hydrogen-bond acceptors (Lipinski definition) is 4. The van der Waals surface area contributed by atoms with Crippen molar-refractivity contribution in [3.63, 3.8) is 0 Å². The van der Waals surface area contributed by atoms with Crippen LogP contribution >= 0.6 is 24.0 Å². The van der Waals surface area contributed by atoms with Crippen LogP contribution in [0.3, 0.4) is 0 Å². The number of aromatic nitrogens is 3. The van der Waals surface area contributed by atoms with E-state index in [1.807, 2.05) is 7.05 Å². The number of piperazine rings is 1. The van der Waals surface area contributed by atoms with Gasteiger partial charge in [0.2, 0.25) is 0 Å². The molecule has 2 aliphatic rings. The molecule has 28 heavy (non-hydrogen) atoms. The standard InChI is InChI=1S/C20H37N7.HI/c1-17(2)16-25-12-14-26(15-13-25)20(21-3)22-10-7-9-19-24-23-18-8-5-4-6-11-27(18)19;/h17H,4-16H2,1-3H3,(H,21,22);1H. The lowest BCUT2D eigenvalue weighted by Gasteiger charge is -2.37. The Morgan fingerprint density at radius 1 is 1.07 bits per heavy atom. The molecule has 3 heterocycles. The Morgan fingerprint density at radius 3 is 2.57 bits per heavy atom. The van der Waals surface area contributed by atoms with Crippen LogP contribution < -0.4 is 5.32 Å². The van der Waals surface area contributed by atoms with E-state index in [-0.39, 0.29) is 24.0 Å². The largest absolute Gasteiger partial charge is 0.356 e. The molecule has 160 valence electrons. The van der Waals surface area contributed by atoms with E-state index in [4.69, 9.17) is 0 Å². The van der Waals surface area contributed by atoms with E-state index < -0.39 is 0 Å². The van der Waals surface area contributed by atoms with E-state index in [1.165, 1.54) is 31.6 Å². The van der Waals surface area contributed by atoms with E-state index in [2.05, 4.69) is 48.7 Å². The van der Waals surface area contributed by atoms with Gasteiger partial charge in [-0.2, -0.15) is 0 Å². The number of nitrogens with one attached hydrogen (secondary N) is 1. The highest BCUT2D eigenvalue weighted by molar-refractivity contribution is 14.0. The van der Waals surface area contributed by atoms with Crippen LogP contribution in [0, 0.1) is 5.92 Å². The second-order valence-corrected chi connectivity index (χ2v) is 8.25. The molecule has 2 aliphatic heterocycles. The molecule has 1 saturated heterocycles. The average Bonchev–Trinajstić information content (AvgIpc) is 2.88. The summed E-state index contributed by atoms with van der Waals surface area (Å²) in [4.78, 5) is 9.44. The van der Waals surface area contributed by atoms with Crippen LogP contribution in [-0.4, -0.2) is 76.8 Å². The van der Waals surface area contributed by atoms with Crippen molar-refractivity contribution in [2.75, 3.05) is 46.3 Å². The normalized spacial score (nSPS) is 18.6. The van der Waals surface area contributed by atoms with Crippen LogP contribution in [0.4, 0.5) is 0 Å². The van der Waals surface area contributed by atoms with Crippen molar-refractivity contribution in [1.29, 1.82) is 0 Å². The summed E-state index contributed by atoms with van der Waals surface area (Å²) >= 11 is 0. The molecular weight excluding hydrogens is 465 g/mol. The van der Waals surface area contributed by atoms with E-state index in [9.17, 15) is 0 Å². The van der Waals surface area contributed by atoms with Crippen LogP contribution in [0.15, 0.2) is 4.99 Å². The molecule has 0 atom stereocenters. The number of guanidine groups is 1. The number of fused-ring (bicyclic) bond motifs is 1. The fraction of sp³-hybridized carbons (Fsp3) is 0.850. The summed E-state index contributed by atoms with van der Waals surface area (Å²) < 4.78 is 2.36. The molecule has 7 nitrogen and oxygen atoms in total. The minimum atomic E-state index is 0. The molecule has 8 heteroatoms. The van der Waals surface area contributed by atoms with Crippen molar-refractivity contribution in [3.8, 4) is 0 Å². The van der Waals surface area contributed by atoms with Crippen molar-refractivity contribution in [1.82, 2.24) is 29.9 Å². The van der Waals surface area contributed by atoms with Gasteiger partial charge in [0.05, 0.1) is 0 Å². The number of halogens is 1. The summed E-state index contributed by atoms with van der Waals surface area (Å²) in [5.74, 6) is 4.12. The minimum absolute atomic E-state index is 0. The van der Waals surface area contributed by atoms with E-state index in [1.54, 1.807) is 0 Å². The first kappa shape index (κ1) is 23.4. The SMILES string of the molecule is CN=C(NCCCc1nnc2n1CCCCC2)N1CCN(CC(C)C)CC1.I. The van der Waals surface area contributed by atoms with Gasteiger partial charge in [-0.3, -0.25) is 9.89 Å². The Morgan fingerprint density at radius 2 is 1.86 bits per heavy atom. The van der Waals surface area contributed by atoms with Crippen LogP contribution in [0.25, 0.3) is 0 Å². The Kier molecular flexibility index (Phi) is 9.98. The van der Waals surface area contributed by atoms with Crippen LogP contribution in [0.1, 0.15) is 51.2 Å². The van der Waals surface area contributed by atoms with Gasteiger partial charge in [-0.05, 0) is 25.2 Å². The maximum Gasteiger partial charge on any atom is 0.193 e. The van der Waals surface area contributed by atoms with Crippen molar-refractivity contribution in [2.45, 2.75) is 58.9 Å². The van der Waals surface area contributed by atoms with Crippen LogP contribution in [-0.2, 0) is 19.4 Å². The van der Waals surface area contributed by atoms with Crippen molar-refractivity contribution in [2.24, 2.45) is 10.9 Å². The van der Waals surface area contributed by atoms with E-state index in [0.717, 1.165) is 76.2 Å². The minimum Gasteiger partial charge on any atom is -0.356 e. The molecule has 0 unspecified atom stereocenters. The monoisotopic (exact) mass is 503 g/mol. The molecule has 0 saturated carbocycles. The van der Waals surface area contributed by atoms with Gasteiger partial charge >= 0.3 is 0 Å². The first-order valence-electron chi connectivity index (χ1n) is 10.8. The third kappa shape index (κ3) is 6.57. The van der Waals surface area contributed by atoms with Gasteiger partial charge in [-0.1, -0.05) is 20.3 Å². The fourth-order valence-electron chi connectivity index (χ4n) is 4.17. The van der Waals surface area contributed by atoms with Gasteiger partial charge in [0, 0.05) is 65.7 Å². The van der Waals surface area contributed by atoms with Gasteiger partial charge < -0.3 is 14.8 Å². The predicted octanol–water partition coefficient (Wildman–Crippen LogP) is 2.40. The van der Waals surface area contributed by atoms with Gasteiger partial charge in [0.25, 0.3) is 0 Å². The summed E-state index contributed by atoms with van der Waals surface area (Å²) in [6.45, 7) is 12.2. The lowest BCUT2D eigenvalue weighted by molar-refractivity contribution is 0.164. The second-order valence-electron chi connectivity index (χ2n) is 8.25. The Labute approximate surface area is 187 Å². The van der Waals surface area contributed by atoms with Crippen molar-refractivity contribution >= 4 is 29.9 Å². The molecule has 0 aliphatic carbocycles. The third-order valence-corrected chi connectivity index (χ3v) is 5.55. The average molecular weight is 503 g/mol. The zero-order chi connectivity index (χ0) is 19.1. The van der Waals surface area contributed by atoms with Gasteiger partial charge in [0.1, 0.15) is 11.6 Å². The molecule has 3 rings (SSSR count). The summed E-state index contributed by atoms with van der Waals surface area (Å²) in [5.41, 5.74) is 0. The van der Waals surface area contributed by atoms with Crippen molar-refractivity contribution in [3.05, 3.63) is 11.6 Å². The maximum absolute atomic E-state index is 4.49. The summed E-state index contributed by atoms with van der Waals surface area (Å²) in [5, 5.41) is 12.4. The Hall–Kier alpha value is -0.900. The predicted molar refractivity (Wildman–Crippen MR) is 126 cm³/mol. The molecule has 1 aromatic rings. The highest BCUT2D eigenvalue weighted by Crippen LogP contribution is 2.15. The lowest BCUT2D eigenvalue weighted by atomic mass is 10.2. The Balaban J connectivity index is 0.00000280. The first-order valence-corrected chi connectivity index (χ1v) is 10.8.